The maximum Gasteiger partial charge on any atom is 0.363 e. The fourth-order valence-corrected chi connectivity index (χ4v) is 3.88. The minimum Gasteiger partial charge on any atom is -0.358 e. The van der Waals surface area contributed by atoms with Crippen molar-refractivity contribution < 1.29 is 13.3 Å². The Balaban J connectivity index is 2.22. The third-order valence-electron chi connectivity index (χ3n) is 3.71. The average Bonchev–Trinajstić information content (AvgIpc) is 2.47. The second-order valence-electron chi connectivity index (χ2n) is 5.23. The first-order chi connectivity index (χ1) is 9.82. The van der Waals surface area contributed by atoms with Gasteiger partial charge in [0.05, 0.1) is 0 Å². The number of nitrogens with zero attached hydrogens (tertiary/aromatic N) is 3. The van der Waals surface area contributed by atoms with Gasteiger partial charge in [0.2, 0.25) is 10.0 Å². The van der Waals surface area contributed by atoms with Crippen LogP contribution in [0.2, 0.25) is 0 Å². The summed E-state index contributed by atoms with van der Waals surface area (Å²) in [5.74, 6) is -0.249. The zero-order valence-corrected chi connectivity index (χ0v) is 12.5. The highest BCUT2D eigenvalue weighted by Gasteiger charge is 2.32. The van der Waals surface area contributed by atoms with Crippen molar-refractivity contribution in [3.8, 4) is 0 Å². The summed E-state index contributed by atoms with van der Waals surface area (Å²) in [5.41, 5.74) is 5.86. The Morgan fingerprint density at radius 3 is 2.76 bits per heavy atom. The van der Waals surface area contributed by atoms with E-state index in [1.54, 1.807) is 0 Å². The van der Waals surface area contributed by atoms with Crippen LogP contribution in [0.25, 0.3) is 0 Å². The van der Waals surface area contributed by atoms with Crippen LogP contribution in [0.15, 0.2) is 23.2 Å². The van der Waals surface area contributed by atoms with Gasteiger partial charge >= 0.3 is 5.82 Å². The van der Waals surface area contributed by atoms with Gasteiger partial charge in [-0.15, -0.1) is 0 Å². The Hall–Kier alpha value is -1.58. The molecular formula is C12H18N4O4S. The Bertz CT molecular complexity index is 615. The molecular weight excluding hydrogens is 296 g/mol. The second kappa shape index (κ2) is 6.04. The molecule has 1 aromatic rings. The molecule has 2 atom stereocenters. The molecule has 1 aliphatic heterocycles. The van der Waals surface area contributed by atoms with Gasteiger partial charge in [0, 0.05) is 25.2 Å². The van der Waals surface area contributed by atoms with Crippen molar-refractivity contribution in [2.75, 3.05) is 13.1 Å². The molecule has 116 valence electrons. The number of sulfonamides is 1. The summed E-state index contributed by atoms with van der Waals surface area (Å²) in [4.78, 5) is 13.4. The lowest BCUT2D eigenvalue weighted by Gasteiger charge is -2.33. The number of nitro groups is 1. The van der Waals surface area contributed by atoms with Gasteiger partial charge in [0.1, 0.15) is 4.90 Å². The van der Waals surface area contributed by atoms with E-state index in [1.807, 2.05) is 6.92 Å². The minimum absolute atomic E-state index is 0.0292. The fourth-order valence-electron chi connectivity index (χ4n) is 2.40. The molecule has 1 aliphatic rings. The molecule has 0 amide bonds. The van der Waals surface area contributed by atoms with Crippen LogP contribution in [0, 0.1) is 16.0 Å². The number of aromatic nitrogens is 1. The number of hydrogen-bond donors (Lipinski definition) is 1. The van der Waals surface area contributed by atoms with Crippen LogP contribution < -0.4 is 5.73 Å². The summed E-state index contributed by atoms with van der Waals surface area (Å²) >= 11 is 0. The molecule has 9 heteroatoms. The predicted molar refractivity (Wildman–Crippen MR) is 76.0 cm³/mol. The normalized spacial score (nSPS) is 21.9. The molecule has 1 saturated heterocycles. The monoisotopic (exact) mass is 314 g/mol. The predicted octanol–water partition coefficient (Wildman–Crippen LogP) is 0.738. The zero-order chi connectivity index (χ0) is 15.6. The van der Waals surface area contributed by atoms with Crippen molar-refractivity contribution in [3.05, 3.63) is 28.4 Å². The minimum atomic E-state index is -3.68. The lowest BCUT2D eigenvalue weighted by atomic mass is 9.93. The third-order valence-corrected chi connectivity index (χ3v) is 5.56. The van der Waals surface area contributed by atoms with Gasteiger partial charge in [-0.05, 0) is 41.7 Å². The summed E-state index contributed by atoms with van der Waals surface area (Å²) < 4.78 is 26.4. The van der Waals surface area contributed by atoms with Crippen molar-refractivity contribution in [1.29, 1.82) is 0 Å². The highest BCUT2D eigenvalue weighted by molar-refractivity contribution is 7.89. The Kier molecular flexibility index (Phi) is 4.55. The highest BCUT2D eigenvalue weighted by Crippen LogP contribution is 2.25. The van der Waals surface area contributed by atoms with Crippen LogP contribution in [0.3, 0.4) is 0 Å². The summed E-state index contributed by atoms with van der Waals surface area (Å²) in [5, 5.41) is 10.6. The molecule has 8 nitrogen and oxygen atoms in total. The SMILES string of the molecule is CC(N)C1CCCN(S(=O)(=O)c2ccc([N+](=O)[O-])nc2)C1. The first kappa shape index (κ1) is 15.8. The number of hydrogen-bond acceptors (Lipinski definition) is 6. The van der Waals surface area contributed by atoms with E-state index in [-0.39, 0.29) is 22.7 Å². The van der Waals surface area contributed by atoms with Crippen LogP contribution in [0.5, 0.6) is 0 Å². The average molecular weight is 314 g/mol. The molecule has 21 heavy (non-hydrogen) atoms. The van der Waals surface area contributed by atoms with E-state index in [9.17, 15) is 18.5 Å². The molecule has 1 aromatic heterocycles. The zero-order valence-electron chi connectivity index (χ0n) is 11.7. The first-order valence-electron chi connectivity index (χ1n) is 6.68. The van der Waals surface area contributed by atoms with Crippen LogP contribution in [0.1, 0.15) is 19.8 Å². The molecule has 0 saturated carbocycles. The van der Waals surface area contributed by atoms with Gasteiger partial charge in [0.15, 0.2) is 6.20 Å². The van der Waals surface area contributed by atoms with Gasteiger partial charge in [-0.1, -0.05) is 0 Å². The van der Waals surface area contributed by atoms with E-state index in [1.165, 1.54) is 10.4 Å². The molecule has 0 radical (unpaired) electrons. The van der Waals surface area contributed by atoms with Gasteiger partial charge in [0.25, 0.3) is 0 Å². The summed E-state index contributed by atoms with van der Waals surface area (Å²) in [6.07, 6.45) is 2.69. The van der Waals surface area contributed by atoms with Gasteiger partial charge in [-0.2, -0.15) is 4.31 Å². The first-order valence-corrected chi connectivity index (χ1v) is 8.12. The number of pyridine rings is 1. The van der Waals surface area contributed by atoms with E-state index in [0.29, 0.717) is 13.1 Å². The Labute approximate surface area is 123 Å². The lowest BCUT2D eigenvalue weighted by molar-refractivity contribution is -0.389. The van der Waals surface area contributed by atoms with E-state index in [0.717, 1.165) is 25.1 Å². The van der Waals surface area contributed by atoms with Gasteiger partial charge in [-0.3, -0.25) is 0 Å². The van der Waals surface area contributed by atoms with Crippen molar-refractivity contribution >= 4 is 15.8 Å². The highest BCUT2D eigenvalue weighted by atomic mass is 32.2. The van der Waals surface area contributed by atoms with Gasteiger partial charge < -0.3 is 15.8 Å². The maximum absolute atomic E-state index is 12.5. The molecule has 2 rings (SSSR count). The molecule has 0 aromatic carbocycles. The second-order valence-corrected chi connectivity index (χ2v) is 7.17. The van der Waals surface area contributed by atoms with Crippen LogP contribution in [-0.4, -0.2) is 41.8 Å². The van der Waals surface area contributed by atoms with Gasteiger partial charge in [-0.25, -0.2) is 8.42 Å². The van der Waals surface area contributed by atoms with Crippen molar-refractivity contribution in [3.63, 3.8) is 0 Å². The number of rotatable bonds is 4. The molecule has 2 N–H and O–H groups in total. The fraction of sp³-hybridized carbons (Fsp3) is 0.583. The standard InChI is InChI=1S/C12H18N4O4S/c1-9(13)10-3-2-6-15(8-10)21(19,20)11-4-5-12(14-7-11)16(17)18/h4-5,7,9-10H,2-3,6,8,13H2,1H3. The molecule has 2 heterocycles. The van der Waals surface area contributed by atoms with Crippen molar-refractivity contribution in [1.82, 2.24) is 9.29 Å². The van der Waals surface area contributed by atoms with Crippen LogP contribution in [-0.2, 0) is 10.0 Å². The smallest absolute Gasteiger partial charge is 0.358 e. The molecule has 1 fully saturated rings. The van der Waals surface area contributed by atoms with Crippen LogP contribution in [0.4, 0.5) is 5.82 Å². The molecule has 0 spiro atoms. The quantitative estimate of drug-likeness (QED) is 0.646. The number of piperidine rings is 1. The summed E-state index contributed by atoms with van der Waals surface area (Å²) in [7, 11) is -3.68. The van der Waals surface area contributed by atoms with Crippen molar-refractivity contribution in [2.45, 2.75) is 30.7 Å². The lowest BCUT2D eigenvalue weighted by Crippen LogP contribution is -2.44. The Morgan fingerprint density at radius 1 is 1.52 bits per heavy atom. The van der Waals surface area contributed by atoms with E-state index in [2.05, 4.69) is 4.98 Å². The largest absolute Gasteiger partial charge is 0.363 e. The molecule has 0 aliphatic carbocycles. The Morgan fingerprint density at radius 2 is 2.24 bits per heavy atom. The third kappa shape index (κ3) is 3.36. The summed E-state index contributed by atoms with van der Waals surface area (Å²) in [6, 6.07) is 2.24. The summed E-state index contributed by atoms with van der Waals surface area (Å²) in [6.45, 7) is 2.67. The topological polar surface area (TPSA) is 119 Å². The molecule has 2 unspecified atom stereocenters. The molecule has 0 bridgehead atoms. The van der Waals surface area contributed by atoms with E-state index >= 15 is 0 Å². The van der Waals surface area contributed by atoms with Crippen LogP contribution >= 0.6 is 0 Å². The van der Waals surface area contributed by atoms with E-state index in [4.69, 9.17) is 5.73 Å². The van der Waals surface area contributed by atoms with E-state index < -0.39 is 14.9 Å². The van der Waals surface area contributed by atoms with Crippen molar-refractivity contribution in [2.24, 2.45) is 11.7 Å². The number of nitrogens with two attached hydrogens (primary N) is 1. The maximum atomic E-state index is 12.5.